The predicted octanol–water partition coefficient (Wildman–Crippen LogP) is 5.24. The summed E-state index contributed by atoms with van der Waals surface area (Å²) in [6.07, 6.45) is 1.95. The highest BCUT2D eigenvalue weighted by Gasteiger charge is 2.14. The van der Waals surface area contributed by atoms with Crippen LogP contribution in [0.5, 0.6) is 5.75 Å². The molecule has 0 aliphatic carbocycles. The second-order valence-electron chi connectivity index (χ2n) is 5.44. The second-order valence-corrected chi connectivity index (χ2v) is 5.44. The van der Waals surface area contributed by atoms with Gasteiger partial charge >= 0.3 is 0 Å². The Bertz CT molecular complexity index is 870. The van der Waals surface area contributed by atoms with E-state index in [1.807, 2.05) is 55.5 Å². The van der Waals surface area contributed by atoms with Gasteiger partial charge in [0.05, 0.1) is 0 Å². The van der Waals surface area contributed by atoms with E-state index in [4.69, 9.17) is 9.15 Å². The van der Waals surface area contributed by atoms with E-state index in [0.29, 0.717) is 12.2 Å². The van der Waals surface area contributed by atoms with Gasteiger partial charge in [0.2, 0.25) is 0 Å². The van der Waals surface area contributed by atoms with E-state index in [1.54, 1.807) is 6.07 Å². The third-order valence-electron chi connectivity index (χ3n) is 3.85. The van der Waals surface area contributed by atoms with E-state index in [2.05, 4.69) is 19.1 Å². The molecular formula is C21H18O3. The monoisotopic (exact) mass is 318 g/mol. The van der Waals surface area contributed by atoms with Gasteiger partial charge in [-0.3, -0.25) is 4.79 Å². The van der Waals surface area contributed by atoms with Crippen LogP contribution in [0, 0.1) is 6.92 Å². The van der Waals surface area contributed by atoms with Gasteiger partial charge in [-0.2, -0.15) is 0 Å². The van der Waals surface area contributed by atoms with Crippen molar-refractivity contribution in [1.82, 2.24) is 0 Å². The van der Waals surface area contributed by atoms with Crippen LogP contribution in [0.2, 0.25) is 0 Å². The number of carbonyl (C=O) groups is 1. The first-order chi connectivity index (χ1) is 11.7. The van der Waals surface area contributed by atoms with Gasteiger partial charge in [-0.05, 0) is 32.0 Å². The molecule has 1 aromatic heterocycles. The van der Waals surface area contributed by atoms with Crippen LogP contribution in [-0.4, -0.2) is 6.47 Å². The Kier molecular flexibility index (Phi) is 4.62. The molecule has 3 nitrogen and oxygen atoms in total. The van der Waals surface area contributed by atoms with Crippen molar-refractivity contribution in [3.05, 3.63) is 83.6 Å². The predicted molar refractivity (Wildman–Crippen MR) is 94.8 cm³/mol. The Morgan fingerprint density at radius 2 is 1.75 bits per heavy atom. The first kappa shape index (κ1) is 15.8. The molecule has 0 saturated carbocycles. The van der Waals surface area contributed by atoms with Crippen LogP contribution in [0.25, 0.3) is 16.9 Å². The van der Waals surface area contributed by atoms with Crippen LogP contribution in [0.1, 0.15) is 23.8 Å². The smallest absolute Gasteiger partial charge is 0.298 e. The topological polar surface area (TPSA) is 39.4 Å². The van der Waals surface area contributed by atoms with E-state index in [-0.39, 0.29) is 0 Å². The van der Waals surface area contributed by atoms with E-state index in [0.717, 1.165) is 28.2 Å². The number of aryl methyl sites for hydroxylation is 1. The minimum Gasteiger partial charge on any atom is -0.456 e. The van der Waals surface area contributed by atoms with Gasteiger partial charge in [0, 0.05) is 16.7 Å². The van der Waals surface area contributed by atoms with Crippen LogP contribution in [0.3, 0.4) is 0 Å². The van der Waals surface area contributed by atoms with Gasteiger partial charge in [-0.25, -0.2) is 0 Å². The lowest BCUT2D eigenvalue weighted by Gasteiger charge is -2.09. The number of hydrogen-bond acceptors (Lipinski definition) is 3. The summed E-state index contributed by atoms with van der Waals surface area (Å²) in [6.45, 7) is 4.42. The quantitative estimate of drug-likeness (QED) is 0.604. The molecule has 0 fully saturated rings. The molecule has 0 amide bonds. The fourth-order valence-corrected chi connectivity index (χ4v) is 2.63. The average Bonchev–Trinajstić information content (AvgIpc) is 3.08. The van der Waals surface area contributed by atoms with Gasteiger partial charge in [-0.1, -0.05) is 54.1 Å². The molecule has 0 bridgehead atoms. The molecule has 0 atom stereocenters. The minimum absolute atomic E-state index is 0.436. The van der Waals surface area contributed by atoms with E-state index in [9.17, 15) is 4.79 Å². The number of rotatable bonds is 5. The SMILES string of the molecule is C/C=C(/c1ccc(-c2ccc(C)cc2)o1)c1ccccc1OC=O. The van der Waals surface area contributed by atoms with E-state index < -0.39 is 0 Å². The summed E-state index contributed by atoms with van der Waals surface area (Å²) >= 11 is 0. The number of benzene rings is 2. The van der Waals surface area contributed by atoms with Crippen molar-refractivity contribution in [2.45, 2.75) is 13.8 Å². The summed E-state index contributed by atoms with van der Waals surface area (Å²) in [7, 11) is 0. The number of ether oxygens (including phenoxy) is 1. The summed E-state index contributed by atoms with van der Waals surface area (Å²) in [5.74, 6) is 2.04. The minimum atomic E-state index is 0.436. The molecule has 3 heteroatoms. The summed E-state index contributed by atoms with van der Waals surface area (Å²) < 4.78 is 11.1. The lowest BCUT2D eigenvalue weighted by molar-refractivity contribution is -0.120. The Morgan fingerprint density at radius 3 is 2.46 bits per heavy atom. The van der Waals surface area contributed by atoms with Crippen molar-refractivity contribution in [1.29, 1.82) is 0 Å². The molecule has 0 N–H and O–H groups in total. The Morgan fingerprint density at radius 1 is 1.00 bits per heavy atom. The highest BCUT2D eigenvalue weighted by molar-refractivity contribution is 5.81. The molecular weight excluding hydrogens is 300 g/mol. The average molecular weight is 318 g/mol. The fourth-order valence-electron chi connectivity index (χ4n) is 2.63. The van der Waals surface area contributed by atoms with Crippen LogP contribution in [0.15, 0.2) is 71.2 Å². The number of allylic oxidation sites excluding steroid dienone is 1. The van der Waals surface area contributed by atoms with Crippen LogP contribution in [-0.2, 0) is 4.79 Å². The van der Waals surface area contributed by atoms with Crippen molar-refractivity contribution < 1.29 is 13.9 Å². The zero-order valence-electron chi connectivity index (χ0n) is 13.7. The van der Waals surface area contributed by atoms with E-state index in [1.165, 1.54) is 5.56 Å². The lowest BCUT2D eigenvalue weighted by atomic mass is 10.0. The van der Waals surface area contributed by atoms with Crippen molar-refractivity contribution in [2.24, 2.45) is 0 Å². The summed E-state index contributed by atoms with van der Waals surface area (Å²) in [4.78, 5) is 10.7. The maximum absolute atomic E-state index is 10.7. The standard InChI is InChI=1S/C21H18O3/c1-3-17(18-6-4-5-7-20(18)23-14-22)21-13-12-19(24-21)16-10-8-15(2)9-11-16/h3-14H,1-2H3/b17-3+. The summed E-state index contributed by atoms with van der Waals surface area (Å²) in [5, 5.41) is 0. The van der Waals surface area contributed by atoms with E-state index >= 15 is 0 Å². The van der Waals surface area contributed by atoms with Crippen molar-refractivity contribution in [3.8, 4) is 17.1 Å². The maximum atomic E-state index is 10.7. The van der Waals surface area contributed by atoms with Gasteiger partial charge in [-0.15, -0.1) is 0 Å². The molecule has 0 spiro atoms. The van der Waals surface area contributed by atoms with Crippen LogP contribution >= 0.6 is 0 Å². The lowest BCUT2D eigenvalue weighted by Crippen LogP contribution is -1.95. The van der Waals surface area contributed by atoms with Gasteiger partial charge in [0.15, 0.2) is 0 Å². The Balaban J connectivity index is 1.99. The number of para-hydroxylation sites is 1. The number of furan rings is 1. The highest BCUT2D eigenvalue weighted by Crippen LogP contribution is 2.34. The molecule has 2 aromatic carbocycles. The summed E-state index contributed by atoms with van der Waals surface area (Å²) in [6, 6.07) is 19.5. The number of hydrogen-bond donors (Lipinski definition) is 0. The second kappa shape index (κ2) is 7.01. The molecule has 3 aromatic rings. The van der Waals surface area contributed by atoms with Crippen LogP contribution in [0.4, 0.5) is 0 Å². The third kappa shape index (κ3) is 3.15. The van der Waals surface area contributed by atoms with Crippen LogP contribution < -0.4 is 4.74 Å². The molecule has 0 aliphatic rings. The fraction of sp³-hybridized carbons (Fsp3) is 0.0952. The van der Waals surface area contributed by atoms with Gasteiger partial charge in [0.1, 0.15) is 17.3 Å². The van der Waals surface area contributed by atoms with Gasteiger partial charge in [0.25, 0.3) is 6.47 Å². The molecule has 1 heterocycles. The normalized spacial score (nSPS) is 11.3. The van der Waals surface area contributed by atoms with Crippen molar-refractivity contribution >= 4 is 12.0 Å². The Labute approximate surface area is 141 Å². The molecule has 0 unspecified atom stereocenters. The third-order valence-corrected chi connectivity index (χ3v) is 3.85. The molecule has 24 heavy (non-hydrogen) atoms. The first-order valence-electron chi connectivity index (χ1n) is 7.76. The Hall–Kier alpha value is -3.07. The zero-order chi connectivity index (χ0) is 16.9. The molecule has 0 aliphatic heterocycles. The molecule has 0 radical (unpaired) electrons. The largest absolute Gasteiger partial charge is 0.456 e. The van der Waals surface area contributed by atoms with Crippen molar-refractivity contribution in [3.63, 3.8) is 0 Å². The summed E-state index contributed by atoms with van der Waals surface area (Å²) in [5.41, 5.74) is 3.93. The maximum Gasteiger partial charge on any atom is 0.298 e. The zero-order valence-corrected chi connectivity index (χ0v) is 13.7. The number of carbonyl (C=O) groups excluding carboxylic acids is 1. The van der Waals surface area contributed by atoms with Crippen molar-refractivity contribution in [2.75, 3.05) is 0 Å². The molecule has 0 saturated heterocycles. The molecule has 3 rings (SSSR count). The van der Waals surface area contributed by atoms with Gasteiger partial charge < -0.3 is 9.15 Å². The first-order valence-corrected chi connectivity index (χ1v) is 7.76. The highest BCUT2D eigenvalue weighted by atomic mass is 16.5. The molecule has 120 valence electrons.